The minimum absolute atomic E-state index is 0.0105. The summed E-state index contributed by atoms with van der Waals surface area (Å²) in [5, 5.41) is 11.5. The zero-order chi connectivity index (χ0) is 39.1. The number of allylic oxidation sites excluding steroid dienone is 2. The molecule has 0 radical (unpaired) electrons. The van der Waals surface area contributed by atoms with Gasteiger partial charge in [-0.15, -0.1) is 0 Å². The van der Waals surface area contributed by atoms with Crippen molar-refractivity contribution in [3.05, 3.63) is 11.6 Å². The molecule has 6 aliphatic rings. The number of carbonyl (C=O) groups is 4. The van der Waals surface area contributed by atoms with Crippen LogP contribution in [0.4, 0.5) is 0 Å². The summed E-state index contributed by atoms with van der Waals surface area (Å²) in [5.41, 5.74) is 1.06. The minimum atomic E-state index is -1.53. The molecule has 6 rings (SSSR count). The predicted molar refractivity (Wildman–Crippen MR) is 194 cm³/mol. The van der Waals surface area contributed by atoms with Crippen molar-refractivity contribution in [3.8, 4) is 0 Å². The Labute approximate surface area is 315 Å². The molecule has 1 heterocycles. The maximum Gasteiger partial charge on any atom is 0.339 e. The van der Waals surface area contributed by atoms with E-state index in [0.29, 0.717) is 24.2 Å². The first-order valence-corrected chi connectivity index (χ1v) is 19.8. The van der Waals surface area contributed by atoms with Gasteiger partial charge in [0.15, 0.2) is 24.6 Å². The lowest BCUT2D eigenvalue weighted by atomic mass is 9.33. The summed E-state index contributed by atoms with van der Waals surface area (Å²) in [6.45, 7) is 19.0. The quantitative estimate of drug-likeness (QED) is 0.138. The first kappa shape index (κ1) is 40.2. The standard InChI is InChI=1S/C42H64O11/c1-23(43)50-31-30(45)35(53-33(34(46)48-10)32(31)51-24(2)44)52-29-15-16-40(7)27(37(29,3)4)14-17-42(9)28(40)13-12-25-26-22-39(6,36(47)49-11)19-18-38(26,5)20-21-41(25,42)8/h12,26-33,35,45H,13-22H2,1-11H3/t26-,27-,28+,29-,30+,31+,32-,33-,35+,38+,39-,40-,41+,42+/m0/s1. The van der Waals surface area contributed by atoms with Crippen molar-refractivity contribution in [1.82, 2.24) is 0 Å². The topological polar surface area (TPSA) is 144 Å². The van der Waals surface area contributed by atoms with Gasteiger partial charge in [0.05, 0.1) is 25.7 Å². The van der Waals surface area contributed by atoms with Crippen LogP contribution in [0.25, 0.3) is 0 Å². The maximum atomic E-state index is 13.1. The number of methoxy groups -OCH3 is 2. The van der Waals surface area contributed by atoms with Gasteiger partial charge in [-0.2, -0.15) is 0 Å². The van der Waals surface area contributed by atoms with Crippen LogP contribution < -0.4 is 0 Å². The fourth-order valence-electron chi connectivity index (χ4n) is 13.1. The van der Waals surface area contributed by atoms with Gasteiger partial charge in [-0.25, -0.2) is 4.79 Å². The van der Waals surface area contributed by atoms with Gasteiger partial charge in [0.25, 0.3) is 0 Å². The molecular weight excluding hydrogens is 680 g/mol. The Morgan fingerprint density at radius 2 is 1.43 bits per heavy atom. The fraction of sp³-hybridized carbons (Fsp3) is 0.857. The maximum absolute atomic E-state index is 13.1. The van der Waals surface area contributed by atoms with Crippen molar-refractivity contribution in [2.75, 3.05) is 14.2 Å². The molecule has 11 nitrogen and oxygen atoms in total. The highest BCUT2D eigenvalue weighted by atomic mass is 16.7. The Morgan fingerprint density at radius 3 is 2.06 bits per heavy atom. The number of aliphatic hydroxyl groups excluding tert-OH is 1. The molecule has 14 atom stereocenters. The average Bonchev–Trinajstić information content (AvgIpc) is 3.08. The van der Waals surface area contributed by atoms with Gasteiger partial charge in [-0.05, 0) is 116 Å². The summed E-state index contributed by atoms with van der Waals surface area (Å²) in [7, 11) is 2.70. The molecular formula is C42H64O11. The predicted octanol–water partition coefficient (Wildman–Crippen LogP) is 6.47. The smallest absolute Gasteiger partial charge is 0.339 e. The second kappa shape index (κ2) is 13.6. The summed E-state index contributed by atoms with van der Waals surface area (Å²) in [6, 6.07) is 0. The Morgan fingerprint density at radius 1 is 0.792 bits per heavy atom. The van der Waals surface area contributed by atoms with Gasteiger partial charge >= 0.3 is 23.9 Å². The molecule has 0 unspecified atom stereocenters. The third kappa shape index (κ3) is 6.17. The van der Waals surface area contributed by atoms with Crippen molar-refractivity contribution < 1.29 is 52.7 Å². The second-order valence-electron chi connectivity index (χ2n) is 19.3. The molecule has 0 amide bonds. The van der Waals surface area contributed by atoms with E-state index in [1.165, 1.54) is 21.1 Å². The van der Waals surface area contributed by atoms with E-state index in [1.54, 1.807) is 5.57 Å². The first-order chi connectivity index (χ1) is 24.6. The zero-order valence-corrected chi connectivity index (χ0v) is 33.9. The molecule has 11 heteroatoms. The van der Waals surface area contributed by atoms with Crippen LogP contribution in [0, 0.1) is 50.2 Å². The van der Waals surface area contributed by atoms with Crippen LogP contribution >= 0.6 is 0 Å². The molecule has 5 fully saturated rings. The van der Waals surface area contributed by atoms with Crippen LogP contribution in [-0.4, -0.2) is 80.0 Å². The Balaban J connectivity index is 1.27. The van der Waals surface area contributed by atoms with Gasteiger partial charge in [0, 0.05) is 13.8 Å². The van der Waals surface area contributed by atoms with Gasteiger partial charge in [-0.3, -0.25) is 14.4 Å². The number of carbonyl (C=O) groups excluding carboxylic acids is 4. The van der Waals surface area contributed by atoms with Gasteiger partial charge in [-0.1, -0.05) is 53.2 Å². The summed E-state index contributed by atoms with van der Waals surface area (Å²) in [6.07, 6.45) is 4.90. The third-order valence-corrected chi connectivity index (χ3v) is 16.3. The second-order valence-corrected chi connectivity index (χ2v) is 19.3. The molecule has 0 aromatic rings. The Bertz CT molecular complexity index is 1520. The van der Waals surface area contributed by atoms with E-state index in [1.807, 2.05) is 0 Å². The lowest BCUT2D eigenvalue weighted by Gasteiger charge is -2.71. The molecule has 53 heavy (non-hydrogen) atoms. The molecule has 0 spiro atoms. The van der Waals surface area contributed by atoms with E-state index >= 15 is 0 Å². The number of ether oxygens (including phenoxy) is 6. The molecule has 4 saturated carbocycles. The van der Waals surface area contributed by atoms with E-state index in [4.69, 9.17) is 28.4 Å². The molecule has 1 saturated heterocycles. The first-order valence-electron chi connectivity index (χ1n) is 19.8. The number of fused-ring (bicyclic) bond motifs is 7. The van der Waals surface area contributed by atoms with Crippen molar-refractivity contribution in [2.24, 2.45) is 50.2 Å². The molecule has 0 aromatic heterocycles. The highest BCUT2D eigenvalue weighted by molar-refractivity contribution is 5.77. The van der Waals surface area contributed by atoms with Crippen molar-refractivity contribution in [1.29, 1.82) is 0 Å². The third-order valence-electron chi connectivity index (χ3n) is 16.3. The van der Waals surface area contributed by atoms with Crippen LogP contribution in [0.2, 0.25) is 0 Å². The van der Waals surface area contributed by atoms with Gasteiger partial charge in [0.2, 0.25) is 0 Å². The Hall–Kier alpha value is -2.50. The lowest BCUT2D eigenvalue weighted by molar-refractivity contribution is -0.326. The zero-order valence-electron chi connectivity index (χ0n) is 33.9. The Kier molecular flexibility index (Phi) is 10.3. The van der Waals surface area contributed by atoms with Crippen molar-refractivity contribution >= 4 is 23.9 Å². The van der Waals surface area contributed by atoms with E-state index < -0.39 is 54.0 Å². The normalized spacial score (nSPS) is 47.2. The number of hydrogen-bond acceptors (Lipinski definition) is 11. The SMILES string of the molecule is COC(=O)[C@H]1O[C@@H](O[C@H]2CC[C@]3(C)[C@H]4CC=C5[C@@H]6C[C@@](C)(C(=O)OC)CC[C@]6(C)CC[C@@]5(C)[C@]4(C)CC[C@H]3C2(C)C)[C@H](O)[C@@H](OC(C)=O)[C@@H]1OC(C)=O. The number of esters is 4. The van der Waals surface area contributed by atoms with E-state index in [-0.39, 0.29) is 39.1 Å². The van der Waals surface area contributed by atoms with Crippen molar-refractivity contribution in [3.63, 3.8) is 0 Å². The molecule has 298 valence electrons. The van der Waals surface area contributed by atoms with Crippen LogP contribution in [0.1, 0.15) is 127 Å². The van der Waals surface area contributed by atoms with Crippen molar-refractivity contribution in [2.45, 2.75) is 163 Å². The van der Waals surface area contributed by atoms with E-state index in [0.717, 1.165) is 64.7 Å². The van der Waals surface area contributed by atoms with Crippen LogP contribution in [-0.2, 0) is 47.6 Å². The monoisotopic (exact) mass is 744 g/mol. The fourth-order valence-corrected chi connectivity index (χ4v) is 13.1. The lowest BCUT2D eigenvalue weighted by Crippen LogP contribution is -2.66. The van der Waals surface area contributed by atoms with Crippen LogP contribution in [0.15, 0.2) is 11.6 Å². The molecule has 0 aromatic carbocycles. The summed E-state index contributed by atoms with van der Waals surface area (Å²) in [4.78, 5) is 50.1. The number of hydrogen-bond donors (Lipinski definition) is 1. The molecule has 5 aliphatic carbocycles. The van der Waals surface area contributed by atoms with Gasteiger partial charge in [0.1, 0.15) is 6.10 Å². The number of rotatable bonds is 6. The molecule has 0 bridgehead atoms. The van der Waals surface area contributed by atoms with Crippen LogP contribution in [0.5, 0.6) is 0 Å². The molecule has 1 aliphatic heterocycles. The van der Waals surface area contributed by atoms with E-state index in [9.17, 15) is 24.3 Å². The highest BCUT2D eigenvalue weighted by Gasteiger charge is 2.69. The highest BCUT2D eigenvalue weighted by Crippen LogP contribution is 2.76. The largest absolute Gasteiger partial charge is 0.469 e. The summed E-state index contributed by atoms with van der Waals surface area (Å²) in [5.74, 6) is -1.26. The summed E-state index contributed by atoms with van der Waals surface area (Å²) >= 11 is 0. The summed E-state index contributed by atoms with van der Waals surface area (Å²) < 4.78 is 33.8. The minimum Gasteiger partial charge on any atom is -0.469 e. The average molecular weight is 745 g/mol. The van der Waals surface area contributed by atoms with E-state index in [2.05, 4.69) is 54.5 Å². The van der Waals surface area contributed by atoms with Crippen LogP contribution in [0.3, 0.4) is 0 Å². The number of aliphatic hydroxyl groups is 1. The molecule has 1 N–H and O–H groups in total. The van der Waals surface area contributed by atoms with Gasteiger partial charge < -0.3 is 33.5 Å².